The van der Waals surface area contributed by atoms with Gasteiger partial charge in [0.2, 0.25) is 0 Å². The van der Waals surface area contributed by atoms with Gasteiger partial charge in [-0.3, -0.25) is 4.79 Å². The third kappa shape index (κ3) is 13.8. The molecule has 0 atom stereocenters. The summed E-state index contributed by atoms with van der Waals surface area (Å²) in [5.41, 5.74) is 0. The van der Waals surface area contributed by atoms with Gasteiger partial charge in [-0.15, -0.1) is 0 Å². The van der Waals surface area contributed by atoms with Crippen LogP contribution >= 0.6 is 11.8 Å². The first-order chi connectivity index (χ1) is 7.27. The van der Waals surface area contributed by atoms with Crippen molar-refractivity contribution in [3.8, 4) is 0 Å². The minimum absolute atomic E-state index is 0.330. The molecular formula is C12H24O2S. The van der Waals surface area contributed by atoms with Crippen LogP contribution in [0.25, 0.3) is 0 Å². The first-order valence-corrected chi connectivity index (χ1v) is 7.22. The Morgan fingerprint density at radius 2 is 1.60 bits per heavy atom. The zero-order valence-electron chi connectivity index (χ0n) is 9.83. The molecule has 0 unspecified atom stereocenters. The van der Waals surface area contributed by atoms with Crippen LogP contribution in [0.1, 0.15) is 58.3 Å². The zero-order valence-corrected chi connectivity index (χ0v) is 10.7. The van der Waals surface area contributed by atoms with Crippen molar-refractivity contribution in [3.63, 3.8) is 0 Å². The number of carboxylic acids is 1. The lowest BCUT2D eigenvalue weighted by Gasteiger charge is -2.01. The summed E-state index contributed by atoms with van der Waals surface area (Å²) in [5.74, 6) is 1.71. The van der Waals surface area contributed by atoms with Crippen molar-refractivity contribution in [2.45, 2.75) is 58.3 Å². The number of hydrogen-bond donors (Lipinski definition) is 1. The highest BCUT2D eigenvalue weighted by Crippen LogP contribution is 2.11. The first kappa shape index (κ1) is 14.8. The maximum absolute atomic E-state index is 10.2. The van der Waals surface area contributed by atoms with Crippen molar-refractivity contribution in [2.24, 2.45) is 0 Å². The maximum atomic E-state index is 10.2. The van der Waals surface area contributed by atoms with Gasteiger partial charge in [-0.25, -0.2) is 0 Å². The highest BCUT2D eigenvalue weighted by Gasteiger charge is 1.96. The largest absolute Gasteiger partial charge is 0.481 e. The van der Waals surface area contributed by atoms with Gasteiger partial charge in [0.15, 0.2) is 0 Å². The number of carbonyl (C=O) groups is 1. The van der Waals surface area contributed by atoms with E-state index in [4.69, 9.17) is 5.11 Å². The van der Waals surface area contributed by atoms with E-state index < -0.39 is 5.97 Å². The Balaban J connectivity index is 2.89. The number of thioether (sulfide) groups is 1. The summed E-state index contributed by atoms with van der Waals surface area (Å²) in [6.45, 7) is 2.23. The van der Waals surface area contributed by atoms with E-state index in [1.807, 2.05) is 11.8 Å². The molecule has 0 amide bonds. The predicted molar refractivity (Wildman–Crippen MR) is 67.6 cm³/mol. The average Bonchev–Trinajstić information content (AvgIpc) is 2.20. The molecule has 0 aliphatic heterocycles. The van der Waals surface area contributed by atoms with Crippen LogP contribution in [-0.4, -0.2) is 22.6 Å². The lowest BCUT2D eigenvalue weighted by Crippen LogP contribution is -1.94. The predicted octanol–water partition coefficient (Wildman–Crippen LogP) is 3.94. The van der Waals surface area contributed by atoms with Gasteiger partial charge in [0.25, 0.3) is 0 Å². The molecule has 0 fully saturated rings. The molecule has 0 saturated carbocycles. The number of rotatable bonds is 11. The Morgan fingerprint density at radius 1 is 1.00 bits per heavy atom. The van der Waals surface area contributed by atoms with Crippen molar-refractivity contribution in [2.75, 3.05) is 11.5 Å². The van der Waals surface area contributed by atoms with E-state index in [0.717, 1.165) is 18.6 Å². The van der Waals surface area contributed by atoms with Gasteiger partial charge in [-0.2, -0.15) is 11.8 Å². The molecule has 0 radical (unpaired) electrons. The average molecular weight is 232 g/mol. The van der Waals surface area contributed by atoms with Crippen molar-refractivity contribution in [1.82, 2.24) is 0 Å². The highest BCUT2D eigenvalue weighted by molar-refractivity contribution is 7.99. The lowest BCUT2D eigenvalue weighted by atomic mass is 10.2. The fourth-order valence-corrected chi connectivity index (χ4v) is 2.41. The van der Waals surface area contributed by atoms with E-state index in [2.05, 4.69) is 6.92 Å². The quantitative estimate of drug-likeness (QED) is 0.548. The van der Waals surface area contributed by atoms with E-state index in [-0.39, 0.29) is 0 Å². The summed E-state index contributed by atoms with van der Waals surface area (Å²) in [4.78, 5) is 10.2. The Bertz CT molecular complexity index is 149. The second-order valence-corrected chi connectivity index (χ2v) is 5.10. The number of unbranched alkanes of at least 4 members (excludes halogenated alkanes) is 5. The van der Waals surface area contributed by atoms with E-state index in [9.17, 15) is 4.79 Å². The van der Waals surface area contributed by atoms with Crippen molar-refractivity contribution in [3.05, 3.63) is 0 Å². The van der Waals surface area contributed by atoms with Gasteiger partial charge in [-0.05, 0) is 30.8 Å². The first-order valence-electron chi connectivity index (χ1n) is 6.07. The molecular weight excluding hydrogens is 208 g/mol. The third-order valence-corrected chi connectivity index (χ3v) is 3.48. The SMILES string of the molecule is CCCCCCCSCCCCC(=O)O. The molecule has 15 heavy (non-hydrogen) atoms. The topological polar surface area (TPSA) is 37.3 Å². The summed E-state index contributed by atoms with van der Waals surface area (Å²) < 4.78 is 0. The van der Waals surface area contributed by atoms with Crippen LogP contribution in [0, 0.1) is 0 Å². The maximum Gasteiger partial charge on any atom is 0.303 e. The minimum Gasteiger partial charge on any atom is -0.481 e. The third-order valence-electron chi connectivity index (χ3n) is 2.32. The van der Waals surface area contributed by atoms with Crippen LogP contribution in [0.5, 0.6) is 0 Å². The smallest absolute Gasteiger partial charge is 0.303 e. The molecule has 3 heteroatoms. The fourth-order valence-electron chi connectivity index (χ4n) is 1.39. The molecule has 0 aliphatic rings. The van der Waals surface area contributed by atoms with Gasteiger partial charge in [0, 0.05) is 6.42 Å². The van der Waals surface area contributed by atoms with Gasteiger partial charge >= 0.3 is 5.97 Å². The van der Waals surface area contributed by atoms with Crippen LogP contribution in [-0.2, 0) is 4.79 Å². The van der Waals surface area contributed by atoms with Crippen molar-refractivity contribution in [1.29, 1.82) is 0 Å². The van der Waals surface area contributed by atoms with Crippen LogP contribution in [0.2, 0.25) is 0 Å². The van der Waals surface area contributed by atoms with Gasteiger partial charge in [-0.1, -0.05) is 32.6 Å². The molecule has 90 valence electrons. The summed E-state index contributed by atoms with van der Waals surface area (Å²) in [6, 6.07) is 0. The van der Waals surface area contributed by atoms with E-state index in [1.54, 1.807) is 0 Å². The van der Waals surface area contributed by atoms with Crippen LogP contribution in [0.3, 0.4) is 0 Å². The number of aliphatic carboxylic acids is 1. The van der Waals surface area contributed by atoms with Crippen LogP contribution in [0.15, 0.2) is 0 Å². The summed E-state index contributed by atoms with van der Waals surface area (Å²) in [5, 5.41) is 8.43. The molecule has 0 spiro atoms. The molecule has 0 rings (SSSR count). The summed E-state index contributed by atoms with van der Waals surface area (Å²) >= 11 is 1.97. The Morgan fingerprint density at radius 3 is 2.20 bits per heavy atom. The normalized spacial score (nSPS) is 10.5. The Labute approximate surface area is 97.8 Å². The number of hydrogen-bond acceptors (Lipinski definition) is 2. The molecule has 0 aromatic carbocycles. The molecule has 0 saturated heterocycles. The van der Waals surface area contributed by atoms with Gasteiger partial charge < -0.3 is 5.11 Å². The van der Waals surface area contributed by atoms with Gasteiger partial charge in [0.1, 0.15) is 0 Å². The Hall–Kier alpha value is -0.180. The summed E-state index contributed by atoms with van der Waals surface area (Å²) in [6.07, 6.45) is 8.93. The van der Waals surface area contributed by atoms with Gasteiger partial charge in [0.05, 0.1) is 0 Å². The molecule has 0 heterocycles. The molecule has 0 aliphatic carbocycles. The fraction of sp³-hybridized carbons (Fsp3) is 0.917. The van der Waals surface area contributed by atoms with E-state index in [1.165, 1.54) is 37.9 Å². The molecule has 0 aromatic rings. The second kappa shape index (κ2) is 11.9. The standard InChI is InChI=1S/C12H24O2S/c1-2-3-4-5-7-10-15-11-8-6-9-12(13)14/h2-11H2,1H3,(H,13,14). The second-order valence-electron chi connectivity index (χ2n) is 3.88. The van der Waals surface area contributed by atoms with Crippen LogP contribution < -0.4 is 0 Å². The Kier molecular flexibility index (Phi) is 11.7. The zero-order chi connectivity index (χ0) is 11.4. The van der Waals surface area contributed by atoms with Crippen LogP contribution in [0.4, 0.5) is 0 Å². The minimum atomic E-state index is -0.667. The van der Waals surface area contributed by atoms with E-state index in [0.29, 0.717) is 6.42 Å². The number of carboxylic acid groups (broad SMARTS) is 1. The van der Waals surface area contributed by atoms with Crippen molar-refractivity contribution >= 4 is 17.7 Å². The molecule has 1 N–H and O–H groups in total. The molecule has 0 bridgehead atoms. The van der Waals surface area contributed by atoms with Crippen molar-refractivity contribution < 1.29 is 9.90 Å². The summed E-state index contributed by atoms with van der Waals surface area (Å²) in [7, 11) is 0. The monoisotopic (exact) mass is 232 g/mol. The highest BCUT2D eigenvalue weighted by atomic mass is 32.2. The van der Waals surface area contributed by atoms with E-state index >= 15 is 0 Å². The molecule has 2 nitrogen and oxygen atoms in total. The molecule has 0 aromatic heterocycles. The lowest BCUT2D eigenvalue weighted by molar-refractivity contribution is -0.137.